The maximum atomic E-state index is 8.53. The summed E-state index contributed by atoms with van der Waals surface area (Å²) in [6, 6.07) is 30.1. The Morgan fingerprint density at radius 2 is 0.433 bits per heavy atom. The standard InChI is InChI=1S/C72H88N24O8/c1-97-57-37-17-33-9-13-53(93-69(81)82)49(61(33)101-5)29-34-10-14-54(94-70(83)84)50(62(34)102-6)30-35-11-15-55(95-71(85)86)51(63(35)103-7)31-36-12-16-56(96-72(87)88)52(64(36)104-8)32-44-28-48(92-68(79)80)27-43(60(44)100-4)20-42-26-47(91-67(77)78)25-41(59(42)99-3)19-40-24-46(90-66(75)76)23-39(58(40)98-2)18-38(57)22-45(21-37)89-65(73)74/h9-16,21-28H,17-20,29-32H2,1-8H3,(H4,73,74,89)(H4,75,76,90)(H4,77,78,91)(H4,79,80,92)(H4,81,82,93)(H4,83,84,94)(H4,85,86,95)(H4,87,88,96)/p+8. The lowest BCUT2D eigenvalue weighted by atomic mass is 9.89. The van der Waals surface area contributed by atoms with Gasteiger partial charge in [0.25, 0.3) is 0 Å². The lowest BCUT2D eigenvalue weighted by Gasteiger charge is -2.24. The molecule has 0 aliphatic heterocycles. The minimum Gasteiger partial charge on any atom is -0.496 e. The van der Waals surface area contributed by atoms with Crippen LogP contribution in [-0.4, -0.2) is 105 Å². The Bertz CT molecular complexity index is 4750. The molecule has 0 heterocycles. The number of benzene rings is 8. The first-order valence-electron chi connectivity index (χ1n) is 32.5. The third-order valence-corrected chi connectivity index (χ3v) is 17.3. The highest BCUT2D eigenvalue weighted by Crippen LogP contribution is 2.47. The van der Waals surface area contributed by atoms with Crippen molar-refractivity contribution in [2.45, 2.75) is 51.4 Å². The lowest BCUT2D eigenvalue weighted by molar-refractivity contribution is -0.302. The van der Waals surface area contributed by atoms with Crippen LogP contribution >= 0.6 is 0 Å². The Balaban J connectivity index is 1.39. The van der Waals surface area contributed by atoms with Gasteiger partial charge in [-0.25, -0.2) is 21.6 Å². The number of quaternary nitrogens is 4. The molecule has 0 saturated heterocycles. The van der Waals surface area contributed by atoms with Crippen LogP contribution in [0.4, 0.5) is 45.5 Å². The van der Waals surface area contributed by atoms with Gasteiger partial charge < -0.3 is 82.1 Å². The van der Waals surface area contributed by atoms with Crippen LogP contribution in [0.3, 0.4) is 0 Å². The van der Waals surface area contributed by atoms with Crippen molar-refractivity contribution < 1.29 is 82.5 Å². The van der Waals surface area contributed by atoms with E-state index in [1.807, 2.05) is 84.9 Å². The third kappa shape index (κ3) is 17.4. The maximum absolute atomic E-state index is 8.53. The molecule has 9 rings (SSSR count). The van der Waals surface area contributed by atoms with Crippen molar-refractivity contribution in [1.29, 1.82) is 21.6 Å². The molecule has 0 unspecified atom stereocenters. The van der Waals surface area contributed by atoms with Crippen molar-refractivity contribution in [2.24, 2.45) is 22.9 Å². The number of nitrogens with two attached hydrogens (primary N) is 8. The highest BCUT2D eigenvalue weighted by Gasteiger charge is 2.30. The number of methoxy groups -OCH3 is 8. The highest BCUT2D eigenvalue weighted by atomic mass is 16.5. The monoisotopic (exact) mass is 1420 g/mol. The average molecular weight is 1430 g/mol. The van der Waals surface area contributed by atoms with Gasteiger partial charge in [-0.3, -0.25) is 44.6 Å². The van der Waals surface area contributed by atoms with Crippen LogP contribution in [0, 0.1) is 21.6 Å². The molecule has 544 valence electrons. The number of anilines is 8. The van der Waals surface area contributed by atoms with E-state index in [0.29, 0.717) is 153 Å². The first-order chi connectivity index (χ1) is 49.7. The van der Waals surface area contributed by atoms with E-state index in [1.165, 1.54) is 0 Å². The fourth-order valence-corrected chi connectivity index (χ4v) is 13.8. The third-order valence-electron chi connectivity index (χ3n) is 17.3. The van der Waals surface area contributed by atoms with Crippen LogP contribution in [0.5, 0.6) is 46.0 Å². The number of ether oxygens (including phenoxy) is 8. The van der Waals surface area contributed by atoms with Crippen molar-refractivity contribution in [2.75, 3.05) is 99.4 Å². The van der Waals surface area contributed by atoms with Crippen molar-refractivity contribution >= 4 is 93.2 Å². The summed E-state index contributed by atoms with van der Waals surface area (Å²) in [7, 11) is 12.6. The molecule has 0 atom stereocenters. The zero-order chi connectivity index (χ0) is 75.4. The van der Waals surface area contributed by atoms with E-state index in [1.54, 1.807) is 69.0 Å². The van der Waals surface area contributed by atoms with Gasteiger partial charge in [-0.2, -0.15) is 21.3 Å². The molecular weight excluding hydrogens is 1330 g/mol. The molecule has 40 N–H and O–H groups in total. The van der Waals surface area contributed by atoms with Crippen LogP contribution in [0.1, 0.15) is 89.0 Å². The molecule has 0 radical (unpaired) electrons. The SMILES string of the molecule is COc1c2cc(NC(=[NH2+])[NH3+])cc1Cc1cc(NC(=[NH2+])[NH3+])cc(c1OC)Cc1ccc(NC(=N)N)c(c1OC)Cc1ccc(NC(=N)N)c(c1OC)Cc1ccc(NC(=N)N)c(c1OC)Cc1ccc(NC(=N)N)c(c1OC)Cc1cc(NC(=[NH2+])[NH3+])cc(c1OC)Cc1cc(NC(=[NH2+])[NH3+])cc(c1OC)C2. The Morgan fingerprint density at radius 3 is 0.606 bits per heavy atom. The molecule has 0 amide bonds. The molecule has 1 aliphatic rings. The van der Waals surface area contributed by atoms with Gasteiger partial charge >= 0.3 is 23.8 Å². The van der Waals surface area contributed by atoms with E-state index in [0.717, 1.165) is 27.8 Å². The fraction of sp³-hybridized carbons (Fsp3) is 0.222. The van der Waals surface area contributed by atoms with Crippen LogP contribution in [0.2, 0.25) is 0 Å². The largest absolute Gasteiger partial charge is 0.496 e. The molecule has 0 fully saturated rings. The molecule has 0 spiro atoms. The first kappa shape index (κ1) is 75.2. The summed E-state index contributed by atoms with van der Waals surface area (Å²) in [5.74, 6) is 3.14. The van der Waals surface area contributed by atoms with E-state index >= 15 is 0 Å². The van der Waals surface area contributed by atoms with Crippen LogP contribution in [0.25, 0.3) is 0 Å². The van der Waals surface area contributed by atoms with Crippen molar-refractivity contribution in [3.63, 3.8) is 0 Å². The van der Waals surface area contributed by atoms with Gasteiger partial charge in [-0.15, -0.1) is 0 Å². The molecule has 8 aromatic carbocycles. The summed E-state index contributed by atoms with van der Waals surface area (Å²) >= 11 is 0. The summed E-state index contributed by atoms with van der Waals surface area (Å²) in [5, 5.41) is 84.5. The predicted molar refractivity (Wildman–Crippen MR) is 402 cm³/mol. The van der Waals surface area contributed by atoms with Gasteiger partial charge in [0.1, 0.15) is 68.7 Å². The zero-order valence-electron chi connectivity index (χ0n) is 59.6. The van der Waals surface area contributed by atoms with E-state index in [2.05, 4.69) is 65.5 Å². The fourth-order valence-electron chi connectivity index (χ4n) is 13.8. The van der Waals surface area contributed by atoms with E-state index < -0.39 is 0 Å². The quantitative estimate of drug-likeness (QED) is 0.0341. The second kappa shape index (κ2) is 33.0. The average Bonchev–Trinajstić information content (AvgIpc) is 0.774. The Hall–Kier alpha value is -13.0. The summed E-state index contributed by atoms with van der Waals surface area (Å²) in [6.45, 7) is 0. The maximum Gasteiger partial charge on any atom is 0.439 e. The minimum absolute atomic E-state index is 0.102. The van der Waals surface area contributed by atoms with E-state index in [-0.39, 0.29) is 99.0 Å². The van der Waals surface area contributed by atoms with Crippen LogP contribution < -0.4 is 148 Å². The Morgan fingerprint density at radius 1 is 0.269 bits per heavy atom. The number of guanidine groups is 8. The normalized spacial score (nSPS) is 11.8. The lowest BCUT2D eigenvalue weighted by Crippen LogP contribution is -2.73. The van der Waals surface area contributed by atoms with Crippen molar-refractivity contribution in [3.05, 3.63) is 186 Å². The number of hydrogen-bond donors (Lipinski definition) is 24. The first-order valence-corrected chi connectivity index (χ1v) is 32.5. The smallest absolute Gasteiger partial charge is 0.439 e. The molecule has 0 saturated carbocycles. The second-order valence-corrected chi connectivity index (χ2v) is 24.6. The van der Waals surface area contributed by atoms with E-state index in [4.69, 9.17) is 104 Å². The molecule has 16 bridgehead atoms. The van der Waals surface area contributed by atoms with Gasteiger partial charge in [-0.05, 0) is 95.1 Å². The summed E-state index contributed by atoms with van der Waals surface area (Å²) in [5.41, 5.74) is 55.4. The predicted octanol–water partition coefficient (Wildman–Crippen LogP) is -2.91. The number of hydrogen-bond acceptors (Lipinski definition) is 12. The topological polar surface area (TPSA) is 582 Å². The highest BCUT2D eigenvalue weighted by molar-refractivity contribution is 5.95. The van der Waals surface area contributed by atoms with Gasteiger partial charge in [-0.1, -0.05) is 24.3 Å². The number of rotatable bonds is 16. The van der Waals surface area contributed by atoms with Gasteiger partial charge in [0.05, 0.1) is 56.9 Å². The summed E-state index contributed by atoms with van der Waals surface area (Å²) < 4.78 is 51.7. The molecule has 1 aliphatic carbocycles. The van der Waals surface area contributed by atoms with Crippen LogP contribution in [-0.2, 0) is 51.4 Å². The Kier molecular flexibility index (Phi) is 23.8. The van der Waals surface area contributed by atoms with E-state index in [9.17, 15) is 0 Å². The molecule has 32 heteroatoms. The molecule has 104 heavy (non-hydrogen) atoms. The van der Waals surface area contributed by atoms with Gasteiger partial charge in [0.15, 0.2) is 23.8 Å². The number of fused-ring (bicyclic) bond motifs is 16. The second-order valence-electron chi connectivity index (χ2n) is 24.6. The van der Waals surface area contributed by atoms with Crippen LogP contribution in [0.15, 0.2) is 97.1 Å². The summed E-state index contributed by atoms with van der Waals surface area (Å²) in [6.07, 6.45) is 1.30. The minimum atomic E-state index is -0.341. The molecular formula is C72H96N24O8+8. The molecule has 32 nitrogen and oxygen atoms in total. The molecule has 8 aromatic rings. The summed E-state index contributed by atoms with van der Waals surface area (Å²) in [4.78, 5) is 0. The number of nitrogens with one attached hydrogen (secondary N) is 12. The molecule has 0 aromatic heterocycles. The zero-order valence-corrected chi connectivity index (χ0v) is 59.6. The van der Waals surface area contributed by atoms with Crippen molar-refractivity contribution in [1.82, 2.24) is 0 Å². The van der Waals surface area contributed by atoms with Gasteiger partial charge in [0.2, 0.25) is 0 Å². The van der Waals surface area contributed by atoms with Gasteiger partial charge in [0, 0.05) is 141 Å². The Labute approximate surface area is 600 Å². The van der Waals surface area contributed by atoms with Crippen molar-refractivity contribution in [3.8, 4) is 46.0 Å².